The van der Waals surface area contributed by atoms with Crippen molar-refractivity contribution in [1.29, 1.82) is 0 Å². The fourth-order valence-electron chi connectivity index (χ4n) is 3.31. The van der Waals surface area contributed by atoms with Gasteiger partial charge in [0.2, 0.25) is 11.9 Å². The number of nitrogens with one attached hydrogen (secondary N) is 1. The first-order chi connectivity index (χ1) is 16.3. The van der Waals surface area contributed by atoms with Crippen molar-refractivity contribution < 1.29 is 19.2 Å². The largest absolute Gasteiger partial charge is 0.416 e. The van der Waals surface area contributed by atoms with Gasteiger partial charge >= 0.3 is 5.97 Å². The molecule has 184 valence electrons. The van der Waals surface area contributed by atoms with Gasteiger partial charge in [-0.15, -0.1) is 11.3 Å². The van der Waals surface area contributed by atoms with Gasteiger partial charge in [0.15, 0.2) is 10.9 Å². The molecule has 0 atom stereocenters. The molecule has 0 aliphatic carbocycles. The SMILES string of the molecule is CCCCC(=O)Nc1nc(Cl)c(/C(=N\OCCC)N2CCc3sc(OC(C)=O)cc3C2)c(Cl)n1. The van der Waals surface area contributed by atoms with Crippen LogP contribution in [0.25, 0.3) is 0 Å². The maximum absolute atomic E-state index is 12.1. The van der Waals surface area contributed by atoms with Crippen LogP contribution in [0.15, 0.2) is 11.2 Å². The number of esters is 1. The van der Waals surface area contributed by atoms with Crippen LogP contribution in [0.2, 0.25) is 10.3 Å². The third kappa shape index (κ3) is 6.80. The molecule has 2 aromatic rings. The van der Waals surface area contributed by atoms with Crippen molar-refractivity contribution in [3.05, 3.63) is 32.4 Å². The predicted molar refractivity (Wildman–Crippen MR) is 133 cm³/mol. The van der Waals surface area contributed by atoms with Crippen molar-refractivity contribution in [2.75, 3.05) is 18.5 Å². The summed E-state index contributed by atoms with van der Waals surface area (Å²) in [6.07, 6.45) is 3.51. The number of aromatic nitrogens is 2. The molecular formula is C22H27Cl2N5O4S. The van der Waals surface area contributed by atoms with Gasteiger partial charge in [-0.25, -0.2) is 0 Å². The number of unbranched alkanes of at least 4 members (excludes halogenated alkanes) is 1. The second-order valence-corrected chi connectivity index (χ2v) is 9.50. The van der Waals surface area contributed by atoms with E-state index in [0.29, 0.717) is 42.6 Å². The summed E-state index contributed by atoms with van der Waals surface area (Å²) in [5.41, 5.74) is 1.34. The van der Waals surface area contributed by atoms with Crippen LogP contribution in [0.4, 0.5) is 5.95 Å². The molecule has 0 bridgehead atoms. The molecule has 0 saturated heterocycles. The summed E-state index contributed by atoms with van der Waals surface area (Å²) in [4.78, 5) is 40.4. The van der Waals surface area contributed by atoms with Crippen molar-refractivity contribution in [1.82, 2.24) is 14.9 Å². The molecule has 3 rings (SSSR count). The van der Waals surface area contributed by atoms with Crippen LogP contribution in [0.1, 0.15) is 62.5 Å². The number of amides is 1. The zero-order valence-electron chi connectivity index (χ0n) is 19.3. The fourth-order valence-corrected chi connectivity index (χ4v) is 4.92. The first-order valence-corrected chi connectivity index (χ1v) is 12.7. The summed E-state index contributed by atoms with van der Waals surface area (Å²) < 4.78 is 5.24. The molecule has 1 amide bonds. The van der Waals surface area contributed by atoms with Crippen LogP contribution >= 0.6 is 34.5 Å². The van der Waals surface area contributed by atoms with E-state index in [1.54, 1.807) is 0 Å². The van der Waals surface area contributed by atoms with Gasteiger partial charge in [-0.1, -0.05) is 48.6 Å². The number of halogens is 2. The van der Waals surface area contributed by atoms with Crippen LogP contribution in [-0.4, -0.2) is 45.7 Å². The van der Waals surface area contributed by atoms with Crippen LogP contribution in [0, 0.1) is 0 Å². The van der Waals surface area contributed by atoms with Crippen molar-refractivity contribution in [3.63, 3.8) is 0 Å². The highest BCUT2D eigenvalue weighted by atomic mass is 35.5. The van der Waals surface area contributed by atoms with Gasteiger partial charge in [-0.05, 0) is 30.9 Å². The number of thiophene rings is 1. The van der Waals surface area contributed by atoms with Gasteiger partial charge in [-0.2, -0.15) is 9.97 Å². The lowest BCUT2D eigenvalue weighted by Gasteiger charge is -2.29. The summed E-state index contributed by atoms with van der Waals surface area (Å²) in [6.45, 7) is 6.88. The van der Waals surface area contributed by atoms with Gasteiger partial charge in [0.1, 0.15) is 16.9 Å². The Morgan fingerprint density at radius 2 is 1.97 bits per heavy atom. The average molecular weight is 528 g/mol. The van der Waals surface area contributed by atoms with Gasteiger partial charge in [-0.3, -0.25) is 14.9 Å². The number of fused-ring (bicyclic) bond motifs is 1. The zero-order chi connectivity index (χ0) is 24.7. The number of amidine groups is 1. The van der Waals surface area contributed by atoms with E-state index in [9.17, 15) is 9.59 Å². The van der Waals surface area contributed by atoms with Crippen molar-refractivity contribution in [3.8, 4) is 5.06 Å². The number of hydrogen-bond donors (Lipinski definition) is 1. The second kappa shape index (κ2) is 12.3. The lowest BCUT2D eigenvalue weighted by atomic mass is 10.1. The number of oxime groups is 1. The van der Waals surface area contributed by atoms with E-state index in [1.807, 2.05) is 24.8 Å². The Hall–Kier alpha value is -2.43. The van der Waals surface area contributed by atoms with Crippen LogP contribution in [-0.2, 0) is 27.4 Å². The molecule has 9 nitrogen and oxygen atoms in total. The van der Waals surface area contributed by atoms with Crippen LogP contribution in [0.5, 0.6) is 5.06 Å². The monoisotopic (exact) mass is 527 g/mol. The van der Waals surface area contributed by atoms with Crippen molar-refractivity contribution in [2.45, 2.75) is 59.4 Å². The molecule has 1 aliphatic heterocycles. The first kappa shape index (κ1) is 26.2. The van der Waals surface area contributed by atoms with Gasteiger partial charge < -0.3 is 14.5 Å². The zero-order valence-corrected chi connectivity index (χ0v) is 21.6. The topological polar surface area (TPSA) is 106 Å². The third-order valence-corrected chi connectivity index (χ3v) is 6.55. The predicted octanol–water partition coefficient (Wildman–Crippen LogP) is 5.05. The lowest BCUT2D eigenvalue weighted by molar-refractivity contribution is -0.131. The van der Waals surface area contributed by atoms with Gasteiger partial charge in [0.25, 0.3) is 0 Å². The molecule has 1 N–H and O–H groups in total. The molecular weight excluding hydrogens is 501 g/mol. The number of carbonyl (C=O) groups is 2. The molecule has 0 unspecified atom stereocenters. The summed E-state index contributed by atoms with van der Waals surface area (Å²) in [6, 6.07) is 1.85. The van der Waals surface area contributed by atoms with E-state index < -0.39 is 0 Å². The smallest absolute Gasteiger partial charge is 0.308 e. The number of anilines is 1. The Balaban J connectivity index is 1.88. The van der Waals surface area contributed by atoms with Gasteiger partial charge in [0, 0.05) is 31.3 Å². The minimum absolute atomic E-state index is 0.0402. The maximum atomic E-state index is 12.1. The molecule has 0 fully saturated rings. The van der Waals surface area contributed by atoms with Gasteiger partial charge in [0.05, 0.1) is 5.56 Å². The number of rotatable bonds is 9. The Labute approximate surface area is 212 Å². The molecule has 34 heavy (non-hydrogen) atoms. The molecule has 3 heterocycles. The van der Waals surface area contributed by atoms with E-state index in [1.165, 1.54) is 18.3 Å². The minimum atomic E-state index is -0.358. The molecule has 0 saturated carbocycles. The Kier molecular flexibility index (Phi) is 9.49. The fraction of sp³-hybridized carbons (Fsp3) is 0.500. The Bertz CT molecular complexity index is 1050. The molecule has 2 aromatic heterocycles. The number of carbonyl (C=O) groups excluding carboxylic acids is 2. The Morgan fingerprint density at radius 1 is 1.24 bits per heavy atom. The van der Waals surface area contributed by atoms with E-state index in [2.05, 4.69) is 20.4 Å². The lowest BCUT2D eigenvalue weighted by Crippen LogP contribution is -2.37. The molecule has 0 spiro atoms. The van der Waals surface area contributed by atoms with Crippen molar-refractivity contribution in [2.24, 2.45) is 5.16 Å². The molecule has 0 aromatic carbocycles. The highest BCUT2D eigenvalue weighted by Crippen LogP contribution is 2.35. The first-order valence-electron chi connectivity index (χ1n) is 11.1. The third-order valence-electron chi connectivity index (χ3n) is 4.89. The van der Waals surface area contributed by atoms with Crippen LogP contribution < -0.4 is 10.1 Å². The van der Waals surface area contributed by atoms with Crippen LogP contribution in [0.3, 0.4) is 0 Å². The number of nitrogens with zero attached hydrogens (tertiary/aromatic N) is 4. The minimum Gasteiger partial charge on any atom is -0.416 e. The number of ether oxygens (including phenoxy) is 1. The summed E-state index contributed by atoms with van der Waals surface area (Å²) in [5.74, 6) is -0.119. The van der Waals surface area contributed by atoms with E-state index in [-0.39, 0.29) is 28.1 Å². The summed E-state index contributed by atoms with van der Waals surface area (Å²) in [7, 11) is 0. The summed E-state index contributed by atoms with van der Waals surface area (Å²) in [5, 5.41) is 7.62. The average Bonchev–Trinajstić information content (AvgIpc) is 3.16. The standard InChI is InChI=1S/C22H27Cl2N5O4S/c1-4-6-7-16(31)25-22-26-19(23)18(20(24)27-22)21(28-32-10-5-2)29-9-8-15-14(12-29)11-17(34-15)33-13(3)30/h11H,4-10,12H2,1-3H3,(H,25,26,27,31)/b28-21+. The van der Waals surface area contributed by atoms with E-state index in [0.717, 1.165) is 36.1 Å². The summed E-state index contributed by atoms with van der Waals surface area (Å²) >= 11 is 14.5. The molecule has 1 aliphatic rings. The second-order valence-electron chi connectivity index (χ2n) is 7.68. The molecule has 12 heteroatoms. The van der Waals surface area contributed by atoms with E-state index >= 15 is 0 Å². The highest BCUT2D eigenvalue weighted by molar-refractivity contribution is 7.14. The normalized spacial score (nSPS) is 13.4. The van der Waals surface area contributed by atoms with E-state index in [4.69, 9.17) is 32.8 Å². The Morgan fingerprint density at radius 3 is 2.62 bits per heavy atom. The molecule has 0 radical (unpaired) electrons. The number of hydrogen-bond acceptors (Lipinski definition) is 8. The highest BCUT2D eigenvalue weighted by Gasteiger charge is 2.28. The quantitative estimate of drug-likeness (QED) is 0.121. The van der Waals surface area contributed by atoms with Crippen molar-refractivity contribution >= 4 is 58.2 Å². The maximum Gasteiger partial charge on any atom is 0.308 e.